The largest absolute Gasteiger partial charge is 0.490 e. The van der Waals surface area contributed by atoms with Crippen molar-refractivity contribution in [3.05, 3.63) is 24.0 Å². The molecule has 2 heterocycles. The van der Waals surface area contributed by atoms with Crippen molar-refractivity contribution in [2.24, 2.45) is 5.73 Å². The van der Waals surface area contributed by atoms with Gasteiger partial charge in [-0.2, -0.15) is 0 Å². The van der Waals surface area contributed by atoms with Gasteiger partial charge in [0.2, 0.25) is 0 Å². The molecule has 5 heteroatoms. The standard InChI is InChI=1S/C13H19N3OS/c1-16-7-3-2-4-10(16)9-17-12-8-15-6-5-11(12)13(14)18/h5-6,8,10H,2-4,7,9H2,1H3,(H2,14,18). The van der Waals surface area contributed by atoms with E-state index in [-0.39, 0.29) is 0 Å². The molecule has 1 atom stereocenters. The number of nitrogens with two attached hydrogens (primary N) is 1. The average Bonchev–Trinajstić information content (AvgIpc) is 2.38. The summed E-state index contributed by atoms with van der Waals surface area (Å²) >= 11 is 5.00. The third-order valence-electron chi connectivity index (χ3n) is 3.40. The number of aromatic nitrogens is 1. The minimum absolute atomic E-state index is 0.351. The van der Waals surface area contributed by atoms with Crippen molar-refractivity contribution in [2.45, 2.75) is 25.3 Å². The van der Waals surface area contributed by atoms with Gasteiger partial charge in [-0.05, 0) is 32.5 Å². The van der Waals surface area contributed by atoms with Gasteiger partial charge in [-0.3, -0.25) is 4.98 Å². The van der Waals surface area contributed by atoms with Crippen molar-refractivity contribution in [1.29, 1.82) is 0 Å². The first kappa shape index (κ1) is 13.2. The van der Waals surface area contributed by atoms with Gasteiger partial charge in [0.25, 0.3) is 0 Å². The zero-order chi connectivity index (χ0) is 13.0. The molecule has 0 radical (unpaired) electrons. The molecular formula is C13H19N3OS. The summed E-state index contributed by atoms with van der Waals surface area (Å²) in [5.74, 6) is 0.684. The lowest BCUT2D eigenvalue weighted by Gasteiger charge is -2.32. The molecule has 1 aliphatic rings. The van der Waals surface area contributed by atoms with Crippen LogP contribution in [0.25, 0.3) is 0 Å². The zero-order valence-corrected chi connectivity index (χ0v) is 11.4. The Labute approximate surface area is 113 Å². The van der Waals surface area contributed by atoms with Crippen LogP contribution in [-0.2, 0) is 0 Å². The third-order valence-corrected chi connectivity index (χ3v) is 3.62. The van der Waals surface area contributed by atoms with Crippen LogP contribution in [0.2, 0.25) is 0 Å². The highest BCUT2D eigenvalue weighted by Gasteiger charge is 2.20. The van der Waals surface area contributed by atoms with E-state index in [2.05, 4.69) is 16.9 Å². The summed E-state index contributed by atoms with van der Waals surface area (Å²) in [6, 6.07) is 2.26. The monoisotopic (exact) mass is 265 g/mol. The predicted molar refractivity (Wildman–Crippen MR) is 75.9 cm³/mol. The fourth-order valence-electron chi connectivity index (χ4n) is 2.24. The average molecular weight is 265 g/mol. The smallest absolute Gasteiger partial charge is 0.147 e. The number of thiocarbonyl (C=S) groups is 1. The Balaban J connectivity index is 1.99. The predicted octanol–water partition coefficient (Wildman–Crippen LogP) is 1.58. The summed E-state index contributed by atoms with van der Waals surface area (Å²) < 4.78 is 5.84. The quantitative estimate of drug-likeness (QED) is 0.838. The molecule has 2 N–H and O–H groups in total. The number of ether oxygens (including phenoxy) is 1. The van der Waals surface area contributed by atoms with Crippen LogP contribution in [-0.4, -0.2) is 41.1 Å². The maximum absolute atomic E-state index is 5.84. The Morgan fingerprint density at radius 3 is 3.17 bits per heavy atom. The van der Waals surface area contributed by atoms with E-state index in [0.29, 0.717) is 23.4 Å². The van der Waals surface area contributed by atoms with Gasteiger partial charge in [0, 0.05) is 12.2 Å². The second kappa shape index (κ2) is 6.11. The van der Waals surface area contributed by atoms with Crippen LogP contribution in [0.4, 0.5) is 0 Å². The maximum Gasteiger partial charge on any atom is 0.147 e. The highest BCUT2D eigenvalue weighted by Crippen LogP contribution is 2.19. The van der Waals surface area contributed by atoms with Gasteiger partial charge < -0.3 is 15.4 Å². The molecule has 1 aromatic heterocycles. The molecule has 0 bridgehead atoms. The summed E-state index contributed by atoms with van der Waals surface area (Å²) in [5.41, 5.74) is 6.43. The first-order valence-electron chi connectivity index (χ1n) is 6.25. The summed E-state index contributed by atoms with van der Waals surface area (Å²) in [4.78, 5) is 6.76. The lowest BCUT2D eigenvalue weighted by Crippen LogP contribution is -2.40. The Hall–Kier alpha value is -1.20. The zero-order valence-electron chi connectivity index (χ0n) is 10.6. The van der Waals surface area contributed by atoms with E-state index in [1.54, 1.807) is 18.5 Å². The Morgan fingerprint density at radius 2 is 2.44 bits per heavy atom. The van der Waals surface area contributed by atoms with Gasteiger partial charge in [-0.1, -0.05) is 18.6 Å². The van der Waals surface area contributed by atoms with Crippen molar-refractivity contribution in [3.63, 3.8) is 0 Å². The number of nitrogens with zero attached hydrogens (tertiary/aromatic N) is 2. The molecule has 0 aromatic carbocycles. The van der Waals surface area contributed by atoms with Crippen molar-refractivity contribution in [2.75, 3.05) is 20.2 Å². The Bertz CT molecular complexity index is 424. The molecule has 0 saturated carbocycles. The van der Waals surface area contributed by atoms with Crippen LogP contribution in [0.5, 0.6) is 5.75 Å². The minimum Gasteiger partial charge on any atom is -0.490 e. The number of piperidine rings is 1. The van der Waals surface area contributed by atoms with Crippen LogP contribution in [0.3, 0.4) is 0 Å². The van der Waals surface area contributed by atoms with E-state index in [9.17, 15) is 0 Å². The normalized spacial score (nSPS) is 20.6. The SMILES string of the molecule is CN1CCCCC1COc1cnccc1C(N)=S. The van der Waals surface area contributed by atoms with Gasteiger partial charge >= 0.3 is 0 Å². The molecule has 1 aromatic rings. The summed E-state index contributed by atoms with van der Waals surface area (Å²) in [5, 5.41) is 0. The molecule has 0 aliphatic carbocycles. The van der Waals surface area contributed by atoms with Crippen molar-refractivity contribution >= 4 is 17.2 Å². The van der Waals surface area contributed by atoms with E-state index in [4.69, 9.17) is 22.7 Å². The van der Waals surface area contributed by atoms with Crippen LogP contribution < -0.4 is 10.5 Å². The van der Waals surface area contributed by atoms with Crippen LogP contribution in [0.1, 0.15) is 24.8 Å². The lowest BCUT2D eigenvalue weighted by atomic mass is 10.0. The number of likely N-dealkylation sites (tertiary alicyclic amines) is 1. The summed E-state index contributed by atoms with van der Waals surface area (Å²) in [6.07, 6.45) is 7.08. The first-order chi connectivity index (χ1) is 8.68. The molecular weight excluding hydrogens is 246 g/mol. The maximum atomic E-state index is 5.84. The van der Waals surface area contributed by atoms with Crippen molar-refractivity contribution in [1.82, 2.24) is 9.88 Å². The van der Waals surface area contributed by atoms with Crippen molar-refractivity contribution < 1.29 is 4.74 Å². The Morgan fingerprint density at radius 1 is 1.61 bits per heavy atom. The van der Waals surface area contributed by atoms with Crippen LogP contribution >= 0.6 is 12.2 Å². The number of likely N-dealkylation sites (N-methyl/N-ethyl adjacent to an activating group) is 1. The lowest BCUT2D eigenvalue weighted by molar-refractivity contribution is 0.125. The van der Waals surface area contributed by atoms with E-state index in [0.717, 1.165) is 12.1 Å². The van der Waals surface area contributed by atoms with Gasteiger partial charge in [0.15, 0.2) is 0 Å². The van der Waals surface area contributed by atoms with E-state index in [1.165, 1.54) is 19.3 Å². The van der Waals surface area contributed by atoms with Gasteiger partial charge in [0.05, 0.1) is 11.8 Å². The molecule has 2 rings (SSSR count). The second-order valence-electron chi connectivity index (χ2n) is 4.68. The fourth-order valence-corrected chi connectivity index (χ4v) is 2.41. The molecule has 1 saturated heterocycles. The van der Waals surface area contributed by atoms with Gasteiger partial charge in [-0.25, -0.2) is 0 Å². The summed E-state index contributed by atoms with van der Waals surface area (Å²) in [7, 11) is 2.14. The highest BCUT2D eigenvalue weighted by molar-refractivity contribution is 7.80. The van der Waals surface area contributed by atoms with Gasteiger partial charge in [0.1, 0.15) is 17.3 Å². The molecule has 4 nitrogen and oxygen atoms in total. The number of hydrogen-bond donors (Lipinski definition) is 1. The van der Waals surface area contributed by atoms with E-state index in [1.807, 2.05) is 0 Å². The highest BCUT2D eigenvalue weighted by atomic mass is 32.1. The number of hydrogen-bond acceptors (Lipinski definition) is 4. The molecule has 1 aliphatic heterocycles. The van der Waals surface area contributed by atoms with Crippen molar-refractivity contribution in [3.8, 4) is 5.75 Å². The van der Waals surface area contributed by atoms with E-state index >= 15 is 0 Å². The molecule has 18 heavy (non-hydrogen) atoms. The molecule has 1 fully saturated rings. The van der Waals surface area contributed by atoms with Crippen LogP contribution in [0.15, 0.2) is 18.5 Å². The number of pyridine rings is 1. The summed E-state index contributed by atoms with van der Waals surface area (Å²) in [6.45, 7) is 1.81. The molecule has 98 valence electrons. The van der Waals surface area contributed by atoms with Crippen LogP contribution in [0, 0.1) is 0 Å². The third kappa shape index (κ3) is 3.17. The fraction of sp³-hybridized carbons (Fsp3) is 0.538. The first-order valence-corrected chi connectivity index (χ1v) is 6.66. The van der Waals surface area contributed by atoms with E-state index < -0.39 is 0 Å². The molecule has 1 unspecified atom stereocenters. The number of rotatable bonds is 4. The molecule has 0 spiro atoms. The molecule has 0 amide bonds. The Kier molecular flexibility index (Phi) is 4.49. The topological polar surface area (TPSA) is 51.4 Å². The second-order valence-corrected chi connectivity index (χ2v) is 5.12. The minimum atomic E-state index is 0.351. The van der Waals surface area contributed by atoms with Gasteiger partial charge in [-0.15, -0.1) is 0 Å².